The number of benzene rings is 1. The van der Waals surface area contributed by atoms with Crippen LogP contribution in [0.1, 0.15) is 33.6 Å². The summed E-state index contributed by atoms with van der Waals surface area (Å²) in [5.74, 6) is 1.07. The van der Waals surface area contributed by atoms with Crippen LogP contribution in [0.15, 0.2) is 24.3 Å². The summed E-state index contributed by atoms with van der Waals surface area (Å²) in [6.45, 7) is 12.1. The predicted octanol–water partition coefficient (Wildman–Crippen LogP) is 5.00. The molecule has 0 spiro atoms. The Morgan fingerprint density at radius 1 is 1.14 bits per heavy atom. The Morgan fingerprint density at radius 2 is 1.71 bits per heavy atom. The quantitative estimate of drug-likeness (QED) is 0.712. The van der Waals surface area contributed by atoms with Crippen molar-refractivity contribution in [1.82, 2.24) is 0 Å². The van der Waals surface area contributed by atoms with Gasteiger partial charge in [0.05, 0.1) is 6.61 Å². The molecule has 0 heterocycles. The van der Waals surface area contributed by atoms with E-state index in [9.17, 15) is 4.39 Å². The molecule has 1 aromatic rings. The highest BCUT2D eigenvalue weighted by Crippen LogP contribution is 2.41. The molecule has 0 atom stereocenters. The van der Waals surface area contributed by atoms with Gasteiger partial charge < -0.3 is 9.16 Å². The fraction of sp³-hybridized carbons (Fsp3) is 0.647. The van der Waals surface area contributed by atoms with Crippen LogP contribution in [0.5, 0.6) is 5.75 Å². The lowest BCUT2D eigenvalue weighted by molar-refractivity contribution is 0.0288. The monoisotopic (exact) mass is 310 g/mol. The van der Waals surface area contributed by atoms with E-state index in [1.807, 2.05) is 0 Å². The lowest BCUT2D eigenvalue weighted by atomic mass is 9.83. The van der Waals surface area contributed by atoms with Gasteiger partial charge in [0.2, 0.25) is 0 Å². The predicted molar refractivity (Wildman–Crippen MR) is 86.7 cm³/mol. The second kappa shape index (κ2) is 6.09. The van der Waals surface area contributed by atoms with Crippen molar-refractivity contribution in [2.45, 2.75) is 57.8 Å². The summed E-state index contributed by atoms with van der Waals surface area (Å²) in [5, 5.41) is 0.267. The van der Waals surface area contributed by atoms with Crippen LogP contribution in [-0.2, 0) is 4.43 Å². The Kier molecular flexibility index (Phi) is 4.78. The van der Waals surface area contributed by atoms with Gasteiger partial charge in [0, 0.05) is 6.10 Å². The molecule has 0 aliphatic heterocycles. The van der Waals surface area contributed by atoms with Crippen molar-refractivity contribution in [2.24, 2.45) is 5.92 Å². The topological polar surface area (TPSA) is 18.5 Å². The smallest absolute Gasteiger partial charge is 0.192 e. The summed E-state index contributed by atoms with van der Waals surface area (Å²) in [4.78, 5) is 0. The summed E-state index contributed by atoms with van der Waals surface area (Å²) >= 11 is 0. The molecule has 1 aromatic carbocycles. The van der Waals surface area contributed by atoms with Gasteiger partial charge in [-0.05, 0) is 61.2 Å². The molecular weight excluding hydrogens is 283 g/mol. The lowest BCUT2D eigenvalue weighted by Crippen LogP contribution is -2.48. The molecule has 2 rings (SSSR count). The van der Waals surface area contributed by atoms with E-state index >= 15 is 0 Å². The van der Waals surface area contributed by atoms with Gasteiger partial charge in [-0.15, -0.1) is 0 Å². The SMILES string of the molecule is CC(C)(C)[Si](C)(C)OC1CC(COc2ccc(F)cc2)C1. The van der Waals surface area contributed by atoms with Gasteiger partial charge in [-0.25, -0.2) is 4.39 Å². The largest absolute Gasteiger partial charge is 0.493 e. The first-order chi connectivity index (χ1) is 9.67. The summed E-state index contributed by atoms with van der Waals surface area (Å²) in [6, 6.07) is 6.22. The van der Waals surface area contributed by atoms with Crippen molar-refractivity contribution < 1.29 is 13.6 Å². The summed E-state index contributed by atoms with van der Waals surface area (Å²) in [5.41, 5.74) is 0. The average Bonchev–Trinajstić information content (AvgIpc) is 2.32. The van der Waals surface area contributed by atoms with E-state index in [0.717, 1.165) is 18.6 Å². The summed E-state index contributed by atoms with van der Waals surface area (Å²) in [7, 11) is -1.64. The highest BCUT2D eigenvalue weighted by Gasteiger charge is 2.42. The van der Waals surface area contributed by atoms with Gasteiger partial charge in [0.1, 0.15) is 11.6 Å². The van der Waals surface area contributed by atoms with Gasteiger partial charge in [-0.3, -0.25) is 0 Å². The van der Waals surface area contributed by atoms with Crippen LogP contribution in [0.25, 0.3) is 0 Å². The molecule has 21 heavy (non-hydrogen) atoms. The number of rotatable bonds is 5. The van der Waals surface area contributed by atoms with Crippen molar-refractivity contribution in [3.05, 3.63) is 30.1 Å². The fourth-order valence-corrected chi connectivity index (χ4v) is 3.62. The maximum absolute atomic E-state index is 12.8. The van der Waals surface area contributed by atoms with Crippen molar-refractivity contribution in [3.63, 3.8) is 0 Å². The maximum atomic E-state index is 12.8. The zero-order valence-corrected chi connectivity index (χ0v) is 14.8. The fourth-order valence-electron chi connectivity index (χ4n) is 2.25. The lowest BCUT2D eigenvalue weighted by Gasteiger charge is -2.44. The minimum Gasteiger partial charge on any atom is -0.493 e. The third-order valence-electron chi connectivity index (χ3n) is 4.76. The molecule has 1 saturated carbocycles. The second-order valence-corrected chi connectivity index (χ2v) is 12.4. The van der Waals surface area contributed by atoms with Crippen LogP contribution in [0, 0.1) is 11.7 Å². The van der Waals surface area contributed by atoms with Crippen LogP contribution < -0.4 is 4.74 Å². The van der Waals surface area contributed by atoms with Gasteiger partial charge in [0.25, 0.3) is 0 Å². The summed E-state index contributed by atoms with van der Waals surface area (Å²) < 4.78 is 24.9. The molecule has 0 unspecified atom stereocenters. The van der Waals surface area contributed by atoms with Crippen molar-refractivity contribution >= 4 is 8.32 Å². The highest BCUT2D eigenvalue weighted by molar-refractivity contribution is 6.74. The van der Waals surface area contributed by atoms with Crippen LogP contribution in [-0.4, -0.2) is 21.0 Å². The van der Waals surface area contributed by atoms with Gasteiger partial charge in [-0.2, -0.15) is 0 Å². The normalized spacial score (nSPS) is 22.8. The number of hydrogen-bond donors (Lipinski definition) is 0. The van der Waals surface area contributed by atoms with Gasteiger partial charge >= 0.3 is 0 Å². The second-order valence-electron chi connectivity index (χ2n) is 7.60. The first kappa shape index (κ1) is 16.5. The molecule has 0 aromatic heterocycles. The molecular formula is C17H27FO2Si. The molecule has 0 bridgehead atoms. The van der Waals surface area contributed by atoms with E-state index in [2.05, 4.69) is 33.9 Å². The first-order valence-electron chi connectivity index (χ1n) is 7.73. The Hall–Kier alpha value is -0.873. The molecule has 0 saturated heterocycles. The van der Waals surface area contributed by atoms with Crippen LogP contribution in [0.3, 0.4) is 0 Å². The Balaban J connectivity index is 1.71. The minimum absolute atomic E-state index is 0.228. The van der Waals surface area contributed by atoms with Gasteiger partial charge in [0.15, 0.2) is 8.32 Å². The molecule has 0 N–H and O–H groups in total. The third-order valence-corrected chi connectivity index (χ3v) is 9.29. The standard InChI is InChI=1S/C17H27FO2Si/c1-17(2,3)21(4,5)20-16-10-13(11-16)12-19-15-8-6-14(18)7-9-15/h6-9,13,16H,10-12H2,1-5H3. The van der Waals surface area contributed by atoms with Crippen molar-refractivity contribution in [1.29, 1.82) is 0 Å². The van der Waals surface area contributed by atoms with E-state index in [1.54, 1.807) is 12.1 Å². The highest BCUT2D eigenvalue weighted by atomic mass is 28.4. The molecule has 1 fully saturated rings. The van der Waals surface area contributed by atoms with Gasteiger partial charge in [-0.1, -0.05) is 20.8 Å². The molecule has 0 radical (unpaired) electrons. The maximum Gasteiger partial charge on any atom is 0.192 e. The molecule has 2 nitrogen and oxygen atoms in total. The number of ether oxygens (including phenoxy) is 1. The molecule has 1 aliphatic carbocycles. The van der Waals surface area contributed by atoms with E-state index in [0.29, 0.717) is 18.6 Å². The number of hydrogen-bond acceptors (Lipinski definition) is 2. The van der Waals surface area contributed by atoms with E-state index in [4.69, 9.17) is 9.16 Å². The minimum atomic E-state index is -1.64. The average molecular weight is 310 g/mol. The molecule has 0 amide bonds. The van der Waals surface area contributed by atoms with Crippen LogP contribution in [0.2, 0.25) is 18.1 Å². The van der Waals surface area contributed by atoms with Crippen molar-refractivity contribution in [3.8, 4) is 5.75 Å². The van der Waals surface area contributed by atoms with E-state index < -0.39 is 8.32 Å². The van der Waals surface area contributed by atoms with Crippen molar-refractivity contribution in [2.75, 3.05) is 6.61 Å². The molecule has 1 aliphatic rings. The zero-order chi connectivity index (χ0) is 15.7. The Labute approximate surface area is 128 Å². The summed E-state index contributed by atoms with van der Waals surface area (Å²) in [6.07, 6.45) is 2.55. The Morgan fingerprint density at radius 3 is 2.24 bits per heavy atom. The number of halogens is 1. The van der Waals surface area contributed by atoms with Crippen LogP contribution >= 0.6 is 0 Å². The van der Waals surface area contributed by atoms with E-state index in [-0.39, 0.29) is 10.9 Å². The Bertz CT molecular complexity index is 459. The molecule has 4 heteroatoms. The van der Waals surface area contributed by atoms with E-state index in [1.165, 1.54) is 12.1 Å². The third kappa shape index (κ3) is 4.30. The molecule has 118 valence electrons. The first-order valence-corrected chi connectivity index (χ1v) is 10.6. The zero-order valence-electron chi connectivity index (χ0n) is 13.8. The van der Waals surface area contributed by atoms with Crippen LogP contribution in [0.4, 0.5) is 4.39 Å².